The Morgan fingerprint density at radius 3 is 2.52 bits per heavy atom. The van der Waals surface area contributed by atoms with E-state index in [0.717, 1.165) is 54.4 Å². The van der Waals surface area contributed by atoms with Crippen LogP contribution in [0.2, 0.25) is 5.02 Å². The van der Waals surface area contributed by atoms with E-state index in [1.165, 1.54) is 0 Å². The Morgan fingerprint density at radius 1 is 1.03 bits per heavy atom. The Bertz CT molecular complexity index is 962. The number of guanidine groups is 1. The molecule has 2 aromatic carbocycles. The molecule has 0 atom stereocenters. The minimum absolute atomic E-state index is 0.552. The molecule has 29 heavy (non-hydrogen) atoms. The SMILES string of the molecule is CN=C(NCc1nncn1-c1ccccc1)N1CCN(c2cccc(Cl)c2)CC1. The van der Waals surface area contributed by atoms with Crippen LogP contribution in [0.1, 0.15) is 5.82 Å². The van der Waals surface area contributed by atoms with Gasteiger partial charge in [0.25, 0.3) is 0 Å². The van der Waals surface area contributed by atoms with Gasteiger partial charge in [-0.05, 0) is 30.3 Å². The van der Waals surface area contributed by atoms with Crippen LogP contribution < -0.4 is 10.2 Å². The number of piperazine rings is 1. The molecule has 7 nitrogen and oxygen atoms in total. The predicted molar refractivity (Wildman–Crippen MR) is 117 cm³/mol. The van der Waals surface area contributed by atoms with E-state index in [9.17, 15) is 0 Å². The highest BCUT2D eigenvalue weighted by atomic mass is 35.5. The third kappa shape index (κ3) is 4.51. The molecule has 1 aliphatic heterocycles. The highest BCUT2D eigenvalue weighted by Crippen LogP contribution is 2.20. The summed E-state index contributed by atoms with van der Waals surface area (Å²) in [5.74, 6) is 1.72. The summed E-state index contributed by atoms with van der Waals surface area (Å²) < 4.78 is 1.98. The van der Waals surface area contributed by atoms with Gasteiger partial charge in [0, 0.05) is 49.6 Å². The lowest BCUT2D eigenvalue weighted by Gasteiger charge is -2.37. The van der Waals surface area contributed by atoms with Crippen molar-refractivity contribution in [2.45, 2.75) is 6.54 Å². The number of anilines is 1. The highest BCUT2D eigenvalue weighted by Gasteiger charge is 2.20. The lowest BCUT2D eigenvalue weighted by molar-refractivity contribution is 0.372. The summed E-state index contributed by atoms with van der Waals surface area (Å²) >= 11 is 6.13. The van der Waals surface area contributed by atoms with Gasteiger partial charge in [-0.1, -0.05) is 35.9 Å². The van der Waals surface area contributed by atoms with Crippen molar-refractivity contribution < 1.29 is 0 Å². The summed E-state index contributed by atoms with van der Waals surface area (Å²) in [4.78, 5) is 9.08. The summed E-state index contributed by atoms with van der Waals surface area (Å²) in [5.41, 5.74) is 2.20. The summed E-state index contributed by atoms with van der Waals surface area (Å²) in [6, 6.07) is 18.1. The zero-order valence-corrected chi connectivity index (χ0v) is 17.1. The zero-order chi connectivity index (χ0) is 20.1. The van der Waals surface area contributed by atoms with Crippen LogP contribution in [0.15, 0.2) is 65.9 Å². The molecule has 2 heterocycles. The second kappa shape index (κ2) is 8.96. The van der Waals surface area contributed by atoms with Gasteiger partial charge >= 0.3 is 0 Å². The number of nitrogens with one attached hydrogen (secondary N) is 1. The van der Waals surface area contributed by atoms with Crippen LogP contribution in [-0.4, -0.2) is 58.9 Å². The highest BCUT2D eigenvalue weighted by molar-refractivity contribution is 6.30. The first kappa shape index (κ1) is 19.3. The molecular formula is C21H24ClN7. The Morgan fingerprint density at radius 2 is 1.79 bits per heavy atom. The molecule has 1 aliphatic rings. The van der Waals surface area contributed by atoms with Crippen LogP contribution in [0, 0.1) is 0 Å². The minimum Gasteiger partial charge on any atom is -0.368 e. The van der Waals surface area contributed by atoms with Crippen molar-refractivity contribution in [3.8, 4) is 5.69 Å². The van der Waals surface area contributed by atoms with Crippen molar-refractivity contribution in [2.24, 2.45) is 4.99 Å². The monoisotopic (exact) mass is 409 g/mol. The average molecular weight is 410 g/mol. The van der Waals surface area contributed by atoms with Crippen LogP contribution in [0.4, 0.5) is 5.69 Å². The van der Waals surface area contributed by atoms with Gasteiger partial charge in [-0.25, -0.2) is 0 Å². The standard InChI is InChI=1S/C21H24ClN7/c1-23-21(24-15-20-26-25-16-29(20)18-7-3-2-4-8-18)28-12-10-27(11-13-28)19-9-5-6-17(22)14-19/h2-9,14,16H,10-13,15H2,1H3,(H,23,24). The van der Waals surface area contributed by atoms with Crippen LogP contribution in [0.25, 0.3) is 5.69 Å². The number of benzene rings is 2. The number of hydrogen-bond acceptors (Lipinski definition) is 4. The molecule has 0 unspecified atom stereocenters. The van der Waals surface area contributed by atoms with Crippen LogP contribution in [-0.2, 0) is 6.54 Å². The summed E-state index contributed by atoms with van der Waals surface area (Å²) in [7, 11) is 1.81. The smallest absolute Gasteiger partial charge is 0.194 e. The van der Waals surface area contributed by atoms with Crippen molar-refractivity contribution in [1.29, 1.82) is 0 Å². The van der Waals surface area contributed by atoms with Gasteiger partial charge in [-0.2, -0.15) is 0 Å². The van der Waals surface area contributed by atoms with Gasteiger partial charge in [-0.15, -0.1) is 10.2 Å². The average Bonchev–Trinajstić information content (AvgIpc) is 3.24. The molecule has 0 spiro atoms. The van der Waals surface area contributed by atoms with Gasteiger partial charge < -0.3 is 15.1 Å². The van der Waals surface area contributed by atoms with Gasteiger partial charge in [-0.3, -0.25) is 9.56 Å². The molecule has 1 aromatic heterocycles. The molecule has 0 aliphatic carbocycles. The topological polar surface area (TPSA) is 61.6 Å². The largest absolute Gasteiger partial charge is 0.368 e. The van der Waals surface area contributed by atoms with Gasteiger partial charge in [0.15, 0.2) is 11.8 Å². The number of aromatic nitrogens is 3. The third-order valence-electron chi connectivity index (χ3n) is 5.02. The minimum atomic E-state index is 0.552. The van der Waals surface area contributed by atoms with Gasteiger partial charge in [0.1, 0.15) is 6.33 Å². The number of hydrogen-bond donors (Lipinski definition) is 1. The molecule has 1 saturated heterocycles. The lowest BCUT2D eigenvalue weighted by Crippen LogP contribution is -2.52. The fourth-order valence-electron chi connectivity index (χ4n) is 3.52. The van der Waals surface area contributed by atoms with E-state index in [1.54, 1.807) is 6.33 Å². The van der Waals surface area contributed by atoms with E-state index in [0.29, 0.717) is 6.54 Å². The molecule has 0 saturated carbocycles. The third-order valence-corrected chi connectivity index (χ3v) is 5.26. The Kier molecular flexibility index (Phi) is 5.95. The van der Waals surface area contributed by atoms with Crippen molar-refractivity contribution in [1.82, 2.24) is 25.0 Å². The summed E-state index contributed by atoms with van der Waals surface area (Å²) in [5, 5.41) is 12.5. The van der Waals surface area contributed by atoms with E-state index >= 15 is 0 Å². The first-order valence-electron chi connectivity index (χ1n) is 9.65. The zero-order valence-electron chi connectivity index (χ0n) is 16.4. The maximum atomic E-state index is 6.13. The predicted octanol–water partition coefficient (Wildman–Crippen LogP) is 2.82. The van der Waals surface area contributed by atoms with E-state index < -0.39 is 0 Å². The molecule has 3 aromatic rings. The number of aliphatic imine (C=N–C) groups is 1. The molecule has 1 N–H and O–H groups in total. The first-order chi connectivity index (χ1) is 14.2. The second-order valence-electron chi connectivity index (χ2n) is 6.81. The molecule has 0 radical (unpaired) electrons. The van der Waals surface area contributed by atoms with E-state index in [-0.39, 0.29) is 0 Å². The van der Waals surface area contributed by atoms with Crippen LogP contribution in [0.5, 0.6) is 0 Å². The van der Waals surface area contributed by atoms with Crippen LogP contribution in [0.3, 0.4) is 0 Å². The lowest BCUT2D eigenvalue weighted by atomic mass is 10.2. The van der Waals surface area contributed by atoms with Gasteiger partial charge in [0.2, 0.25) is 0 Å². The number of halogens is 1. The molecule has 4 rings (SSSR count). The van der Waals surface area contributed by atoms with E-state index in [2.05, 4.69) is 36.4 Å². The van der Waals surface area contributed by atoms with E-state index in [4.69, 9.17) is 11.6 Å². The van der Waals surface area contributed by atoms with Gasteiger partial charge in [0.05, 0.1) is 6.54 Å². The Balaban J connectivity index is 1.36. The molecule has 0 bridgehead atoms. The second-order valence-corrected chi connectivity index (χ2v) is 7.24. The first-order valence-corrected chi connectivity index (χ1v) is 10.0. The van der Waals surface area contributed by atoms with Crippen LogP contribution >= 0.6 is 11.6 Å². The van der Waals surface area contributed by atoms with Crippen molar-refractivity contribution in [3.63, 3.8) is 0 Å². The normalized spacial score (nSPS) is 14.9. The summed E-state index contributed by atoms with van der Waals surface area (Å²) in [6.07, 6.45) is 1.73. The number of rotatable bonds is 4. The maximum Gasteiger partial charge on any atom is 0.194 e. The number of para-hydroxylation sites is 1. The van der Waals surface area contributed by atoms with Crippen molar-refractivity contribution >= 4 is 23.2 Å². The molecule has 1 fully saturated rings. The fraction of sp³-hybridized carbons (Fsp3) is 0.286. The fourth-order valence-corrected chi connectivity index (χ4v) is 3.71. The maximum absolute atomic E-state index is 6.13. The molecule has 8 heteroatoms. The van der Waals surface area contributed by atoms with Crippen molar-refractivity contribution in [3.05, 3.63) is 71.8 Å². The quantitative estimate of drug-likeness (QED) is 0.530. The molecule has 150 valence electrons. The Labute approximate surface area is 175 Å². The molecule has 0 amide bonds. The Hall–Kier alpha value is -3.06. The molecular weight excluding hydrogens is 386 g/mol. The number of nitrogens with zero attached hydrogens (tertiary/aromatic N) is 6. The summed E-state index contributed by atoms with van der Waals surface area (Å²) in [6.45, 7) is 4.16. The van der Waals surface area contributed by atoms with Crippen molar-refractivity contribution in [2.75, 3.05) is 38.1 Å². The van der Waals surface area contributed by atoms with E-state index in [1.807, 2.05) is 60.1 Å².